The highest BCUT2D eigenvalue weighted by atomic mass is 19.4. The van der Waals surface area contributed by atoms with Gasteiger partial charge in [0.2, 0.25) is 5.91 Å². The molecule has 1 N–H and O–H groups in total. The smallest absolute Gasteiger partial charge is 0.395 e. The van der Waals surface area contributed by atoms with Gasteiger partial charge in [0.15, 0.2) is 0 Å². The molecular weight excluding hydrogens is 321 g/mol. The Balaban J connectivity index is 1.98. The van der Waals surface area contributed by atoms with Crippen LogP contribution in [0.15, 0.2) is 24.3 Å². The van der Waals surface area contributed by atoms with Crippen LogP contribution in [0.1, 0.15) is 30.4 Å². The van der Waals surface area contributed by atoms with Crippen molar-refractivity contribution in [3.8, 4) is 0 Å². The molecule has 1 aromatic rings. The van der Waals surface area contributed by atoms with E-state index in [2.05, 4.69) is 4.90 Å². The number of carbonyl (C=O) groups excluding carboxylic acids is 1. The summed E-state index contributed by atoms with van der Waals surface area (Å²) in [6.07, 6.45) is -4.35. The van der Waals surface area contributed by atoms with Crippen molar-refractivity contribution in [2.24, 2.45) is 0 Å². The third-order valence-electron chi connectivity index (χ3n) is 4.42. The minimum absolute atomic E-state index is 0.0626. The maximum absolute atomic E-state index is 13.1. The van der Waals surface area contributed by atoms with E-state index in [1.54, 1.807) is 17.9 Å². The summed E-state index contributed by atoms with van der Waals surface area (Å²) < 4.78 is 39.3. The predicted octanol–water partition coefficient (Wildman–Crippen LogP) is 2.34. The SMILES string of the molecule is CC(CC(=O)N1CCN(CCO)CC1)c1ccccc1C(F)(F)F. The van der Waals surface area contributed by atoms with Crippen molar-refractivity contribution in [1.29, 1.82) is 0 Å². The van der Waals surface area contributed by atoms with E-state index in [-0.39, 0.29) is 24.5 Å². The van der Waals surface area contributed by atoms with E-state index in [9.17, 15) is 18.0 Å². The zero-order valence-corrected chi connectivity index (χ0v) is 13.7. The Labute approximate surface area is 139 Å². The first-order chi connectivity index (χ1) is 11.3. The highest BCUT2D eigenvalue weighted by molar-refractivity contribution is 5.77. The minimum atomic E-state index is -4.41. The number of rotatable bonds is 5. The third-order valence-corrected chi connectivity index (χ3v) is 4.42. The Morgan fingerprint density at radius 1 is 1.21 bits per heavy atom. The molecule has 0 aromatic heterocycles. The highest BCUT2D eigenvalue weighted by Crippen LogP contribution is 2.36. The lowest BCUT2D eigenvalue weighted by Gasteiger charge is -2.35. The first-order valence-corrected chi connectivity index (χ1v) is 8.10. The van der Waals surface area contributed by atoms with E-state index in [0.29, 0.717) is 32.7 Å². The Hall–Kier alpha value is -1.60. The monoisotopic (exact) mass is 344 g/mol. The molecule has 1 atom stereocenters. The predicted molar refractivity (Wildman–Crippen MR) is 84.6 cm³/mol. The normalized spacial score (nSPS) is 17.8. The summed E-state index contributed by atoms with van der Waals surface area (Å²) in [4.78, 5) is 16.1. The van der Waals surface area contributed by atoms with Crippen LogP contribution < -0.4 is 0 Å². The molecule has 134 valence electrons. The van der Waals surface area contributed by atoms with Gasteiger partial charge in [-0.15, -0.1) is 0 Å². The van der Waals surface area contributed by atoms with Crippen LogP contribution in [-0.4, -0.2) is 60.1 Å². The molecule has 1 aromatic carbocycles. The number of hydrogen-bond donors (Lipinski definition) is 1. The van der Waals surface area contributed by atoms with Crippen molar-refractivity contribution in [3.63, 3.8) is 0 Å². The Kier molecular flexibility index (Phi) is 6.23. The van der Waals surface area contributed by atoms with E-state index < -0.39 is 17.7 Å². The van der Waals surface area contributed by atoms with Gasteiger partial charge < -0.3 is 10.0 Å². The lowest BCUT2D eigenvalue weighted by Crippen LogP contribution is -2.49. The van der Waals surface area contributed by atoms with Crippen molar-refractivity contribution >= 4 is 5.91 Å². The van der Waals surface area contributed by atoms with Crippen molar-refractivity contribution in [2.75, 3.05) is 39.3 Å². The van der Waals surface area contributed by atoms with Crippen LogP contribution in [0, 0.1) is 0 Å². The summed E-state index contributed by atoms with van der Waals surface area (Å²) in [7, 11) is 0. The molecule has 7 heteroatoms. The van der Waals surface area contributed by atoms with Gasteiger partial charge in [0.05, 0.1) is 12.2 Å². The second kappa shape index (κ2) is 7.98. The van der Waals surface area contributed by atoms with E-state index in [1.807, 2.05) is 0 Å². The second-order valence-electron chi connectivity index (χ2n) is 6.14. The number of benzene rings is 1. The zero-order chi connectivity index (χ0) is 17.7. The van der Waals surface area contributed by atoms with Crippen molar-refractivity contribution < 1.29 is 23.1 Å². The van der Waals surface area contributed by atoms with Crippen LogP contribution in [0.3, 0.4) is 0 Å². The van der Waals surface area contributed by atoms with Crippen LogP contribution >= 0.6 is 0 Å². The number of aliphatic hydroxyl groups excluding tert-OH is 1. The van der Waals surface area contributed by atoms with Crippen LogP contribution in [0.2, 0.25) is 0 Å². The van der Waals surface area contributed by atoms with Gasteiger partial charge in [-0.05, 0) is 17.5 Å². The number of alkyl halides is 3. The molecule has 0 aliphatic carbocycles. The van der Waals surface area contributed by atoms with Crippen molar-refractivity contribution in [1.82, 2.24) is 9.80 Å². The zero-order valence-electron chi connectivity index (χ0n) is 13.7. The standard InChI is InChI=1S/C17H23F3N2O2/c1-13(14-4-2-3-5-15(14)17(18,19)20)12-16(24)22-8-6-21(7-9-22)10-11-23/h2-5,13,23H,6-12H2,1H3. The fraction of sp³-hybridized carbons (Fsp3) is 0.588. The van der Waals surface area contributed by atoms with Gasteiger partial charge in [0.25, 0.3) is 0 Å². The molecule has 1 amide bonds. The lowest BCUT2D eigenvalue weighted by atomic mass is 9.92. The molecule has 1 aliphatic rings. The molecule has 0 bridgehead atoms. The molecular formula is C17H23F3N2O2. The summed E-state index contributed by atoms with van der Waals surface area (Å²) in [5.74, 6) is -0.617. The number of carbonyl (C=O) groups is 1. The lowest BCUT2D eigenvalue weighted by molar-refractivity contribution is -0.139. The number of amides is 1. The van der Waals surface area contributed by atoms with Gasteiger partial charge in [-0.3, -0.25) is 9.69 Å². The first-order valence-electron chi connectivity index (χ1n) is 8.10. The summed E-state index contributed by atoms with van der Waals surface area (Å²) >= 11 is 0. The van der Waals surface area contributed by atoms with Crippen LogP contribution in [0.4, 0.5) is 13.2 Å². The molecule has 0 spiro atoms. The summed E-state index contributed by atoms with van der Waals surface area (Å²) in [6, 6.07) is 5.43. The minimum Gasteiger partial charge on any atom is -0.395 e. The van der Waals surface area contributed by atoms with Crippen LogP contribution in [-0.2, 0) is 11.0 Å². The molecule has 2 rings (SSSR count). The van der Waals surface area contributed by atoms with Crippen LogP contribution in [0.25, 0.3) is 0 Å². The number of aliphatic hydroxyl groups is 1. The summed E-state index contributed by atoms with van der Waals surface area (Å²) in [5, 5.41) is 8.92. The molecule has 1 fully saturated rings. The number of nitrogens with zero attached hydrogens (tertiary/aromatic N) is 2. The van der Waals surface area contributed by atoms with Gasteiger partial charge >= 0.3 is 6.18 Å². The average molecular weight is 344 g/mol. The summed E-state index contributed by atoms with van der Waals surface area (Å²) in [5.41, 5.74) is -0.504. The average Bonchev–Trinajstić information content (AvgIpc) is 2.55. The Morgan fingerprint density at radius 3 is 2.42 bits per heavy atom. The van der Waals surface area contributed by atoms with E-state index >= 15 is 0 Å². The molecule has 4 nitrogen and oxygen atoms in total. The maximum atomic E-state index is 13.1. The Bertz CT molecular complexity index is 555. The third kappa shape index (κ3) is 4.70. The van der Waals surface area contributed by atoms with Gasteiger partial charge in [-0.25, -0.2) is 0 Å². The highest BCUT2D eigenvalue weighted by Gasteiger charge is 2.34. The molecule has 0 saturated carbocycles. The van der Waals surface area contributed by atoms with E-state index in [0.717, 1.165) is 6.07 Å². The quantitative estimate of drug-likeness (QED) is 0.892. The topological polar surface area (TPSA) is 43.8 Å². The largest absolute Gasteiger partial charge is 0.416 e. The van der Waals surface area contributed by atoms with Gasteiger partial charge in [-0.2, -0.15) is 13.2 Å². The molecule has 1 saturated heterocycles. The Morgan fingerprint density at radius 2 is 1.83 bits per heavy atom. The maximum Gasteiger partial charge on any atom is 0.416 e. The van der Waals surface area contributed by atoms with Gasteiger partial charge in [0, 0.05) is 39.1 Å². The fourth-order valence-electron chi connectivity index (χ4n) is 3.05. The molecule has 1 unspecified atom stereocenters. The summed E-state index contributed by atoms with van der Waals surface area (Å²) in [6.45, 7) is 4.78. The first kappa shape index (κ1) is 18.7. The molecule has 0 radical (unpaired) electrons. The number of halogens is 3. The second-order valence-corrected chi connectivity index (χ2v) is 6.14. The molecule has 1 aliphatic heterocycles. The molecule has 24 heavy (non-hydrogen) atoms. The van der Waals surface area contributed by atoms with Gasteiger partial charge in [0.1, 0.15) is 0 Å². The van der Waals surface area contributed by atoms with E-state index in [1.165, 1.54) is 12.1 Å². The number of β-amino-alcohol motifs (C(OH)–C–C–N with tert-alkyl or cyclic N) is 1. The fourth-order valence-corrected chi connectivity index (χ4v) is 3.05. The number of piperazine rings is 1. The van der Waals surface area contributed by atoms with E-state index in [4.69, 9.17) is 5.11 Å². The van der Waals surface area contributed by atoms with Gasteiger partial charge in [-0.1, -0.05) is 25.1 Å². The number of hydrogen-bond acceptors (Lipinski definition) is 3. The van der Waals surface area contributed by atoms with Crippen molar-refractivity contribution in [2.45, 2.75) is 25.4 Å². The van der Waals surface area contributed by atoms with Crippen molar-refractivity contribution in [3.05, 3.63) is 35.4 Å². The van der Waals surface area contributed by atoms with Crippen LogP contribution in [0.5, 0.6) is 0 Å². The molecule has 1 heterocycles.